The van der Waals surface area contributed by atoms with Crippen molar-refractivity contribution in [1.29, 1.82) is 0 Å². The zero-order valence-electron chi connectivity index (χ0n) is 8.96. The lowest BCUT2D eigenvalue weighted by Gasteiger charge is -2.06. The first kappa shape index (κ1) is 12.7. The summed E-state index contributed by atoms with van der Waals surface area (Å²) in [6, 6.07) is 0. The molecule has 0 aliphatic carbocycles. The van der Waals surface area contributed by atoms with Gasteiger partial charge in [-0.2, -0.15) is 0 Å². The Morgan fingerprint density at radius 1 is 1.36 bits per heavy atom. The van der Waals surface area contributed by atoms with Crippen molar-refractivity contribution in [2.45, 2.75) is 13.8 Å². The first-order chi connectivity index (χ1) is 6.56. The molecule has 0 bridgehead atoms. The molecule has 0 unspecified atom stereocenters. The zero-order valence-corrected chi connectivity index (χ0v) is 8.96. The van der Waals surface area contributed by atoms with Crippen LogP contribution in [0.25, 0.3) is 0 Å². The quantitative estimate of drug-likeness (QED) is 0.514. The van der Waals surface area contributed by atoms with Crippen LogP contribution in [0.5, 0.6) is 0 Å². The van der Waals surface area contributed by atoms with Gasteiger partial charge in [0.05, 0.1) is 0 Å². The van der Waals surface area contributed by atoms with Gasteiger partial charge in [0.1, 0.15) is 5.82 Å². The topological polar surface area (TPSA) is 64.4 Å². The molecule has 0 aromatic rings. The van der Waals surface area contributed by atoms with Crippen LogP contribution in [0.15, 0.2) is 41.7 Å². The lowest BCUT2D eigenvalue weighted by Crippen LogP contribution is -2.12. The molecule has 0 atom stereocenters. The van der Waals surface area contributed by atoms with Crippen molar-refractivity contribution in [2.75, 3.05) is 6.54 Å². The van der Waals surface area contributed by atoms with E-state index in [2.05, 4.69) is 18.2 Å². The SMILES string of the molecule is C=C/C(=N\C(N)=C(/C=C)CN)C(C)C. The van der Waals surface area contributed by atoms with E-state index in [4.69, 9.17) is 11.5 Å². The minimum absolute atomic E-state index is 0.301. The predicted octanol–water partition coefficient (Wildman–Crippen LogP) is 1.58. The van der Waals surface area contributed by atoms with Crippen molar-refractivity contribution < 1.29 is 0 Å². The Hall–Kier alpha value is -1.35. The summed E-state index contributed by atoms with van der Waals surface area (Å²) in [5.74, 6) is 0.723. The van der Waals surface area contributed by atoms with Crippen LogP contribution < -0.4 is 11.5 Å². The highest BCUT2D eigenvalue weighted by atomic mass is 14.9. The van der Waals surface area contributed by atoms with Crippen LogP contribution in [0.1, 0.15) is 13.8 Å². The molecule has 0 aromatic carbocycles. The van der Waals surface area contributed by atoms with Crippen LogP contribution in [0.4, 0.5) is 0 Å². The molecule has 0 aliphatic heterocycles. The summed E-state index contributed by atoms with van der Waals surface area (Å²) in [7, 11) is 0. The van der Waals surface area contributed by atoms with Crippen LogP contribution in [0, 0.1) is 5.92 Å². The molecule has 0 heterocycles. The fourth-order valence-corrected chi connectivity index (χ4v) is 0.914. The third-order valence-corrected chi connectivity index (χ3v) is 1.85. The number of rotatable bonds is 5. The van der Waals surface area contributed by atoms with Gasteiger partial charge >= 0.3 is 0 Å². The van der Waals surface area contributed by atoms with Crippen molar-refractivity contribution in [1.82, 2.24) is 0 Å². The molecule has 14 heavy (non-hydrogen) atoms. The maximum Gasteiger partial charge on any atom is 0.128 e. The van der Waals surface area contributed by atoms with Gasteiger partial charge in [-0.15, -0.1) is 0 Å². The highest BCUT2D eigenvalue weighted by Gasteiger charge is 2.02. The van der Waals surface area contributed by atoms with Gasteiger partial charge in [0, 0.05) is 17.8 Å². The lowest BCUT2D eigenvalue weighted by molar-refractivity contribution is 0.883. The van der Waals surface area contributed by atoms with Crippen LogP contribution in [0.2, 0.25) is 0 Å². The van der Waals surface area contributed by atoms with Crippen molar-refractivity contribution in [3.8, 4) is 0 Å². The molecule has 0 spiro atoms. The van der Waals surface area contributed by atoms with Crippen molar-refractivity contribution in [3.63, 3.8) is 0 Å². The van der Waals surface area contributed by atoms with E-state index >= 15 is 0 Å². The number of allylic oxidation sites excluding steroid dienone is 1. The Kier molecular flexibility index (Phi) is 5.56. The average Bonchev–Trinajstić information content (AvgIpc) is 2.15. The normalized spacial score (nSPS) is 13.9. The van der Waals surface area contributed by atoms with E-state index in [1.54, 1.807) is 12.2 Å². The number of nitrogens with zero attached hydrogens (tertiary/aromatic N) is 1. The van der Waals surface area contributed by atoms with Crippen LogP contribution >= 0.6 is 0 Å². The first-order valence-electron chi connectivity index (χ1n) is 4.58. The van der Waals surface area contributed by atoms with Gasteiger partial charge in [0.25, 0.3) is 0 Å². The maximum atomic E-state index is 5.75. The van der Waals surface area contributed by atoms with Crippen molar-refractivity contribution >= 4 is 5.71 Å². The molecule has 0 aliphatic rings. The van der Waals surface area contributed by atoms with Gasteiger partial charge in [-0.1, -0.05) is 33.1 Å². The Balaban J connectivity index is 5.02. The van der Waals surface area contributed by atoms with Gasteiger partial charge in [0.2, 0.25) is 0 Å². The van der Waals surface area contributed by atoms with E-state index < -0.39 is 0 Å². The second kappa shape index (κ2) is 6.16. The lowest BCUT2D eigenvalue weighted by atomic mass is 10.1. The molecule has 4 N–H and O–H groups in total. The van der Waals surface area contributed by atoms with Crippen molar-refractivity contribution in [2.24, 2.45) is 22.4 Å². The fraction of sp³-hybridized carbons (Fsp3) is 0.364. The Bertz CT molecular complexity index is 272. The summed E-state index contributed by atoms with van der Waals surface area (Å²) >= 11 is 0. The Morgan fingerprint density at radius 2 is 1.93 bits per heavy atom. The Morgan fingerprint density at radius 3 is 2.21 bits per heavy atom. The van der Waals surface area contributed by atoms with E-state index in [0.717, 1.165) is 11.3 Å². The average molecular weight is 193 g/mol. The smallest absolute Gasteiger partial charge is 0.128 e. The highest BCUT2D eigenvalue weighted by Crippen LogP contribution is 2.05. The third kappa shape index (κ3) is 3.58. The summed E-state index contributed by atoms with van der Waals surface area (Å²) in [6.07, 6.45) is 3.33. The fourth-order valence-electron chi connectivity index (χ4n) is 0.914. The van der Waals surface area contributed by atoms with E-state index in [9.17, 15) is 0 Å². The standard InChI is InChI=1S/C11H19N3/c1-5-9(7-12)11(13)14-10(6-2)8(3)4/h5-6,8H,1-2,7,12-13H2,3-4H3/b11-9+,14-10+. The summed E-state index contributed by atoms with van der Waals surface area (Å²) in [4.78, 5) is 4.24. The molecule has 0 amide bonds. The Labute approximate surface area is 85.9 Å². The summed E-state index contributed by atoms with van der Waals surface area (Å²) in [5.41, 5.74) is 12.8. The first-order valence-corrected chi connectivity index (χ1v) is 4.58. The zero-order chi connectivity index (χ0) is 11.1. The molecule has 78 valence electrons. The van der Waals surface area contributed by atoms with Gasteiger partial charge in [-0.3, -0.25) is 0 Å². The molecule has 0 fully saturated rings. The summed E-state index contributed by atoms with van der Waals surface area (Å²) in [6.45, 7) is 11.7. The van der Waals surface area contributed by atoms with Gasteiger partial charge in [0.15, 0.2) is 0 Å². The van der Waals surface area contributed by atoms with Crippen molar-refractivity contribution in [3.05, 3.63) is 36.7 Å². The molecule has 0 saturated carbocycles. The predicted molar refractivity (Wildman–Crippen MR) is 62.9 cm³/mol. The highest BCUT2D eigenvalue weighted by molar-refractivity contribution is 5.96. The second-order valence-electron chi connectivity index (χ2n) is 3.21. The number of hydrogen-bond acceptors (Lipinski definition) is 3. The van der Waals surface area contributed by atoms with Gasteiger partial charge < -0.3 is 11.5 Å². The van der Waals surface area contributed by atoms with Crippen LogP contribution in [0.3, 0.4) is 0 Å². The monoisotopic (exact) mass is 193 g/mol. The molecule has 0 rings (SSSR count). The van der Waals surface area contributed by atoms with Gasteiger partial charge in [-0.25, -0.2) is 4.99 Å². The molecule has 3 heteroatoms. The molecular formula is C11H19N3. The van der Waals surface area contributed by atoms with E-state index in [1.165, 1.54) is 0 Å². The van der Waals surface area contributed by atoms with Gasteiger partial charge in [-0.05, 0) is 12.0 Å². The summed E-state index contributed by atoms with van der Waals surface area (Å²) in [5, 5.41) is 0. The minimum Gasteiger partial charge on any atom is -0.383 e. The third-order valence-electron chi connectivity index (χ3n) is 1.85. The van der Waals surface area contributed by atoms with E-state index in [-0.39, 0.29) is 0 Å². The number of nitrogens with two attached hydrogens (primary N) is 2. The van der Waals surface area contributed by atoms with E-state index in [0.29, 0.717) is 18.3 Å². The molecule has 3 nitrogen and oxygen atoms in total. The maximum absolute atomic E-state index is 5.75. The second-order valence-corrected chi connectivity index (χ2v) is 3.21. The number of hydrogen-bond donors (Lipinski definition) is 2. The van der Waals surface area contributed by atoms with Crippen LogP contribution in [-0.2, 0) is 0 Å². The minimum atomic E-state index is 0.301. The molecule has 0 radical (unpaired) electrons. The molecule has 0 aromatic heterocycles. The largest absolute Gasteiger partial charge is 0.383 e. The summed E-state index contributed by atoms with van der Waals surface area (Å²) < 4.78 is 0. The molecule has 0 saturated heterocycles. The van der Waals surface area contributed by atoms with E-state index in [1.807, 2.05) is 13.8 Å². The molecular weight excluding hydrogens is 174 g/mol. The number of aliphatic imine (C=N–C) groups is 1. The van der Waals surface area contributed by atoms with Crippen LogP contribution in [-0.4, -0.2) is 12.3 Å².